The number of carbonyl (C=O) groups is 1. The summed E-state index contributed by atoms with van der Waals surface area (Å²) >= 11 is 6.29. The van der Waals surface area contributed by atoms with E-state index in [1.807, 2.05) is 6.92 Å². The molecular formula is C19H24Cl3N3O2. The van der Waals surface area contributed by atoms with E-state index >= 15 is 0 Å². The van der Waals surface area contributed by atoms with Crippen LogP contribution in [-0.2, 0) is 4.79 Å². The van der Waals surface area contributed by atoms with Crippen LogP contribution in [0.2, 0.25) is 5.02 Å². The van der Waals surface area contributed by atoms with Gasteiger partial charge in [-0.25, -0.2) is 0 Å². The van der Waals surface area contributed by atoms with Crippen LogP contribution in [0.15, 0.2) is 42.7 Å². The number of carbonyl (C=O) groups excluding carboxylic acids is 1. The molecule has 8 heteroatoms. The third kappa shape index (κ3) is 5.98. The van der Waals surface area contributed by atoms with E-state index in [0.717, 1.165) is 25.7 Å². The fourth-order valence-electron chi connectivity index (χ4n) is 3.21. The zero-order valence-corrected chi connectivity index (χ0v) is 17.4. The number of rotatable bonds is 4. The first-order chi connectivity index (χ1) is 12.0. The second-order valence-corrected chi connectivity index (χ2v) is 7.13. The van der Waals surface area contributed by atoms with Gasteiger partial charge in [-0.15, -0.1) is 24.8 Å². The monoisotopic (exact) mass is 431 g/mol. The van der Waals surface area contributed by atoms with Crippen molar-refractivity contribution in [1.82, 2.24) is 4.98 Å². The van der Waals surface area contributed by atoms with Gasteiger partial charge in [-0.1, -0.05) is 24.4 Å². The highest BCUT2D eigenvalue weighted by molar-refractivity contribution is 6.32. The molecule has 0 radical (unpaired) electrons. The predicted molar refractivity (Wildman–Crippen MR) is 113 cm³/mol. The summed E-state index contributed by atoms with van der Waals surface area (Å²) in [4.78, 5) is 16.5. The number of halogens is 3. The minimum absolute atomic E-state index is 0. The van der Waals surface area contributed by atoms with Crippen LogP contribution >= 0.6 is 36.4 Å². The van der Waals surface area contributed by atoms with Crippen LogP contribution in [0.25, 0.3) is 0 Å². The number of nitrogens with two attached hydrogens (primary N) is 1. The number of ether oxygens (including phenoxy) is 1. The molecule has 0 spiro atoms. The SMILES string of the molecule is CC1(N)CCCCC1C(=O)Nc1ccc(Oc2ccncc2)c(Cl)c1.Cl.Cl. The minimum atomic E-state index is -0.462. The molecule has 1 saturated carbocycles. The summed E-state index contributed by atoms with van der Waals surface area (Å²) in [7, 11) is 0. The Morgan fingerprint density at radius 1 is 1.26 bits per heavy atom. The predicted octanol–water partition coefficient (Wildman–Crippen LogP) is 5.22. The Morgan fingerprint density at radius 2 is 1.96 bits per heavy atom. The van der Waals surface area contributed by atoms with Crippen molar-refractivity contribution in [2.24, 2.45) is 11.7 Å². The van der Waals surface area contributed by atoms with Crippen molar-refractivity contribution in [2.45, 2.75) is 38.1 Å². The molecule has 1 aliphatic carbocycles. The van der Waals surface area contributed by atoms with Gasteiger partial charge < -0.3 is 15.8 Å². The van der Waals surface area contributed by atoms with Crippen molar-refractivity contribution in [2.75, 3.05) is 5.32 Å². The quantitative estimate of drug-likeness (QED) is 0.694. The lowest BCUT2D eigenvalue weighted by Crippen LogP contribution is -2.51. The fraction of sp³-hybridized carbons (Fsp3) is 0.368. The van der Waals surface area contributed by atoms with Gasteiger partial charge in [-0.05, 0) is 50.1 Å². The molecular weight excluding hydrogens is 409 g/mol. The number of nitrogens with zero attached hydrogens (tertiary/aromatic N) is 1. The summed E-state index contributed by atoms with van der Waals surface area (Å²) in [6, 6.07) is 8.69. The van der Waals surface area contributed by atoms with Crippen LogP contribution in [0.4, 0.5) is 5.69 Å². The molecule has 2 aromatic rings. The Kier molecular flexibility index (Phi) is 8.82. The summed E-state index contributed by atoms with van der Waals surface area (Å²) in [5.74, 6) is 0.929. The second kappa shape index (κ2) is 10.1. The number of nitrogens with one attached hydrogen (secondary N) is 1. The van der Waals surface area contributed by atoms with Gasteiger partial charge >= 0.3 is 0 Å². The van der Waals surface area contributed by atoms with Gasteiger partial charge in [0, 0.05) is 23.6 Å². The molecule has 148 valence electrons. The van der Waals surface area contributed by atoms with Gasteiger partial charge in [0.1, 0.15) is 11.5 Å². The second-order valence-electron chi connectivity index (χ2n) is 6.72. The smallest absolute Gasteiger partial charge is 0.229 e. The van der Waals surface area contributed by atoms with Crippen molar-refractivity contribution in [3.8, 4) is 11.5 Å². The van der Waals surface area contributed by atoms with E-state index in [1.54, 1.807) is 42.7 Å². The van der Waals surface area contributed by atoms with E-state index in [-0.39, 0.29) is 36.6 Å². The van der Waals surface area contributed by atoms with Crippen LogP contribution < -0.4 is 15.8 Å². The molecule has 0 aliphatic heterocycles. The lowest BCUT2D eigenvalue weighted by molar-refractivity contribution is -0.122. The van der Waals surface area contributed by atoms with Crippen molar-refractivity contribution in [3.05, 3.63) is 47.7 Å². The molecule has 3 rings (SSSR count). The standard InChI is InChI=1S/C19H22ClN3O2.2ClH/c1-19(21)9-3-2-4-15(19)18(24)23-13-5-6-17(16(20)12-13)25-14-7-10-22-11-8-14;;/h5-8,10-12,15H,2-4,9,21H2,1H3,(H,23,24);2*1H. The molecule has 3 N–H and O–H groups in total. The van der Waals surface area contributed by atoms with Crippen molar-refractivity contribution < 1.29 is 9.53 Å². The number of benzene rings is 1. The van der Waals surface area contributed by atoms with E-state index in [0.29, 0.717) is 22.2 Å². The van der Waals surface area contributed by atoms with Gasteiger partial charge in [0.05, 0.1) is 10.9 Å². The van der Waals surface area contributed by atoms with Gasteiger partial charge in [0.2, 0.25) is 5.91 Å². The molecule has 0 saturated heterocycles. The van der Waals surface area contributed by atoms with Crippen molar-refractivity contribution in [1.29, 1.82) is 0 Å². The fourth-order valence-corrected chi connectivity index (χ4v) is 3.43. The van der Waals surface area contributed by atoms with E-state index in [4.69, 9.17) is 22.1 Å². The molecule has 0 bridgehead atoms. The highest BCUT2D eigenvalue weighted by atomic mass is 35.5. The van der Waals surface area contributed by atoms with Crippen molar-refractivity contribution >= 4 is 48.0 Å². The third-order valence-corrected chi connectivity index (χ3v) is 4.94. The minimum Gasteiger partial charge on any atom is -0.456 e. The summed E-state index contributed by atoms with van der Waals surface area (Å²) in [5.41, 5.74) is 6.48. The molecule has 5 nitrogen and oxygen atoms in total. The molecule has 1 aromatic heterocycles. The van der Waals surface area contributed by atoms with Gasteiger partial charge in [0.15, 0.2) is 0 Å². The van der Waals surface area contributed by atoms with Gasteiger partial charge in [-0.3, -0.25) is 9.78 Å². The Bertz CT molecular complexity index is 757. The number of anilines is 1. The number of aromatic nitrogens is 1. The maximum atomic E-state index is 12.6. The van der Waals surface area contributed by atoms with E-state index in [1.165, 1.54) is 0 Å². The average Bonchev–Trinajstić information content (AvgIpc) is 2.58. The topological polar surface area (TPSA) is 77.2 Å². The number of pyridine rings is 1. The number of amides is 1. The van der Waals surface area contributed by atoms with Gasteiger partial charge in [0.25, 0.3) is 0 Å². The first-order valence-corrected chi connectivity index (χ1v) is 8.81. The first-order valence-electron chi connectivity index (χ1n) is 8.43. The zero-order chi connectivity index (χ0) is 17.9. The van der Waals surface area contributed by atoms with Crippen LogP contribution in [-0.4, -0.2) is 16.4 Å². The van der Waals surface area contributed by atoms with Crippen LogP contribution in [0.3, 0.4) is 0 Å². The maximum absolute atomic E-state index is 12.6. The third-order valence-electron chi connectivity index (χ3n) is 4.65. The Labute approximate surface area is 176 Å². The van der Waals surface area contributed by atoms with Crippen molar-refractivity contribution in [3.63, 3.8) is 0 Å². The molecule has 27 heavy (non-hydrogen) atoms. The first kappa shape index (κ1) is 23.5. The highest BCUT2D eigenvalue weighted by Gasteiger charge is 2.37. The average molecular weight is 433 g/mol. The van der Waals surface area contributed by atoms with Crippen LogP contribution in [0.5, 0.6) is 11.5 Å². The lowest BCUT2D eigenvalue weighted by Gasteiger charge is -2.37. The van der Waals surface area contributed by atoms with Crippen LogP contribution in [0, 0.1) is 5.92 Å². The Balaban J connectivity index is 0.00000182. The molecule has 1 amide bonds. The highest BCUT2D eigenvalue weighted by Crippen LogP contribution is 2.34. The summed E-state index contributed by atoms with van der Waals surface area (Å²) in [5, 5.41) is 3.36. The molecule has 2 atom stereocenters. The normalized spacial score (nSPS) is 21.4. The molecule has 1 aliphatic rings. The summed E-state index contributed by atoms with van der Waals surface area (Å²) < 4.78 is 5.71. The summed E-state index contributed by atoms with van der Waals surface area (Å²) in [6.07, 6.45) is 7.08. The maximum Gasteiger partial charge on any atom is 0.229 e. The van der Waals surface area contributed by atoms with E-state index in [9.17, 15) is 4.79 Å². The summed E-state index contributed by atoms with van der Waals surface area (Å²) in [6.45, 7) is 1.95. The number of hydrogen-bond acceptors (Lipinski definition) is 4. The lowest BCUT2D eigenvalue weighted by atomic mass is 9.74. The van der Waals surface area contributed by atoms with Gasteiger partial charge in [-0.2, -0.15) is 0 Å². The van der Waals surface area contributed by atoms with Crippen LogP contribution in [0.1, 0.15) is 32.6 Å². The Morgan fingerprint density at radius 3 is 2.59 bits per heavy atom. The largest absolute Gasteiger partial charge is 0.456 e. The van der Waals surface area contributed by atoms with E-state index < -0.39 is 5.54 Å². The molecule has 1 heterocycles. The molecule has 1 fully saturated rings. The molecule has 2 unspecified atom stereocenters. The number of hydrogen-bond donors (Lipinski definition) is 2. The Hall–Kier alpha value is -1.53. The molecule has 1 aromatic carbocycles. The van der Waals surface area contributed by atoms with E-state index in [2.05, 4.69) is 10.3 Å². The zero-order valence-electron chi connectivity index (χ0n) is 15.0.